The number of amides is 4. The average molecular weight is 419 g/mol. The number of nitrogens with one attached hydrogen (secondary N) is 2. The number of rotatable bonds is 6. The molecule has 9 heteroatoms. The van der Waals surface area contributed by atoms with Crippen LogP contribution in [-0.2, 0) is 11.3 Å². The van der Waals surface area contributed by atoms with E-state index in [1.807, 2.05) is 30.3 Å². The molecule has 1 aliphatic heterocycles. The molecular formula is C22H21N5O4. The van der Waals surface area contributed by atoms with Crippen molar-refractivity contribution < 1.29 is 18.8 Å². The number of anilines is 3. The molecular weight excluding hydrogens is 398 g/mol. The van der Waals surface area contributed by atoms with Crippen molar-refractivity contribution in [2.24, 2.45) is 0 Å². The number of nitrogens with zero attached hydrogens (tertiary/aromatic N) is 3. The van der Waals surface area contributed by atoms with Crippen LogP contribution in [0.4, 0.5) is 22.2 Å². The normalized spacial score (nSPS) is 13.4. The van der Waals surface area contributed by atoms with Crippen molar-refractivity contribution in [2.75, 3.05) is 28.6 Å². The zero-order valence-corrected chi connectivity index (χ0v) is 16.9. The van der Waals surface area contributed by atoms with E-state index in [9.17, 15) is 14.4 Å². The maximum atomic E-state index is 12.7. The molecule has 0 aliphatic carbocycles. The molecule has 3 aromatic rings. The highest BCUT2D eigenvalue weighted by atomic mass is 16.4. The Balaban J connectivity index is 1.38. The molecule has 0 saturated carbocycles. The smallest absolute Gasteiger partial charge is 0.328 e. The van der Waals surface area contributed by atoms with Gasteiger partial charge in [0.1, 0.15) is 0 Å². The quantitative estimate of drug-likeness (QED) is 0.637. The Morgan fingerprint density at radius 2 is 1.68 bits per heavy atom. The first kappa shape index (κ1) is 20.1. The summed E-state index contributed by atoms with van der Waals surface area (Å²) in [6.07, 6.45) is 1.30. The number of carbonyl (C=O) groups is 3. The number of carbonyl (C=O) groups excluding carboxylic acids is 3. The van der Waals surface area contributed by atoms with Gasteiger partial charge in [-0.15, -0.1) is 0 Å². The molecule has 2 aromatic carbocycles. The molecule has 9 nitrogen and oxygen atoms in total. The van der Waals surface area contributed by atoms with E-state index in [4.69, 9.17) is 4.42 Å². The molecule has 1 saturated heterocycles. The fourth-order valence-electron chi connectivity index (χ4n) is 3.24. The van der Waals surface area contributed by atoms with E-state index in [1.165, 1.54) is 18.0 Å². The van der Waals surface area contributed by atoms with E-state index in [0.29, 0.717) is 31.0 Å². The van der Waals surface area contributed by atoms with Crippen LogP contribution in [0.1, 0.15) is 23.0 Å². The van der Waals surface area contributed by atoms with Crippen molar-refractivity contribution in [3.8, 4) is 0 Å². The lowest BCUT2D eigenvalue weighted by atomic mass is 10.2. The van der Waals surface area contributed by atoms with Gasteiger partial charge in [-0.05, 0) is 29.8 Å². The first-order valence-electron chi connectivity index (χ1n) is 9.75. The summed E-state index contributed by atoms with van der Waals surface area (Å²) in [5, 5.41) is 5.35. The number of benzene rings is 2. The monoisotopic (exact) mass is 419 g/mol. The summed E-state index contributed by atoms with van der Waals surface area (Å²) < 4.78 is 5.55. The van der Waals surface area contributed by atoms with E-state index in [2.05, 4.69) is 15.6 Å². The molecule has 1 aromatic heterocycles. The SMILES string of the molecule is CC(=O)Nc1ccc(NC(=O)c2cnc(N3CCN(Cc4ccccc4)C3=O)o2)cc1. The van der Waals surface area contributed by atoms with Gasteiger partial charge < -0.3 is 20.0 Å². The van der Waals surface area contributed by atoms with Crippen LogP contribution in [0.2, 0.25) is 0 Å². The minimum Gasteiger partial charge on any atom is -0.418 e. The van der Waals surface area contributed by atoms with Crippen LogP contribution < -0.4 is 15.5 Å². The minimum absolute atomic E-state index is 0.00440. The predicted octanol–water partition coefficient (Wildman–Crippen LogP) is 3.33. The van der Waals surface area contributed by atoms with Crippen LogP contribution in [0.5, 0.6) is 0 Å². The molecule has 0 atom stereocenters. The Morgan fingerprint density at radius 1 is 1.00 bits per heavy atom. The molecule has 1 fully saturated rings. The highest BCUT2D eigenvalue weighted by Gasteiger charge is 2.33. The number of hydrogen-bond acceptors (Lipinski definition) is 5. The van der Waals surface area contributed by atoms with Gasteiger partial charge in [-0.25, -0.2) is 14.7 Å². The van der Waals surface area contributed by atoms with Crippen LogP contribution in [-0.4, -0.2) is 40.8 Å². The van der Waals surface area contributed by atoms with Gasteiger partial charge in [0, 0.05) is 37.9 Å². The molecule has 0 bridgehead atoms. The molecule has 0 radical (unpaired) electrons. The van der Waals surface area contributed by atoms with Gasteiger partial charge in [0.2, 0.25) is 11.7 Å². The van der Waals surface area contributed by atoms with Crippen LogP contribution in [0.25, 0.3) is 0 Å². The average Bonchev–Trinajstić information content (AvgIpc) is 3.37. The second-order valence-corrected chi connectivity index (χ2v) is 7.06. The molecule has 0 spiro atoms. The lowest BCUT2D eigenvalue weighted by molar-refractivity contribution is -0.114. The van der Waals surface area contributed by atoms with Gasteiger partial charge in [-0.3, -0.25) is 9.59 Å². The van der Waals surface area contributed by atoms with Crippen molar-refractivity contribution in [3.63, 3.8) is 0 Å². The first-order valence-corrected chi connectivity index (χ1v) is 9.75. The standard InChI is InChI=1S/C22H21N5O4/c1-15(28)24-17-7-9-18(10-8-17)25-20(29)19-13-23-21(31-19)27-12-11-26(22(27)30)14-16-5-3-2-4-6-16/h2-10,13H,11-12,14H2,1H3,(H,24,28)(H,25,29). The van der Waals surface area contributed by atoms with Gasteiger partial charge in [-0.2, -0.15) is 0 Å². The maximum absolute atomic E-state index is 12.7. The molecule has 2 N–H and O–H groups in total. The van der Waals surface area contributed by atoms with Crippen molar-refractivity contribution in [3.05, 3.63) is 72.1 Å². The predicted molar refractivity (Wildman–Crippen MR) is 115 cm³/mol. The third kappa shape index (κ3) is 4.72. The second-order valence-electron chi connectivity index (χ2n) is 7.06. The van der Waals surface area contributed by atoms with Crippen molar-refractivity contribution in [1.29, 1.82) is 0 Å². The van der Waals surface area contributed by atoms with Gasteiger partial charge in [0.05, 0.1) is 6.20 Å². The summed E-state index contributed by atoms with van der Waals surface area (Å²) in [5.41, 5.74) is 2.19. The molecule has 31 heavy (non-hydrogen) atoms. The molecule has 158 valence electrons. The van der Waals surface area contributed by atoms with Crippen molar-refractivity contribution in [1.82, 2.24) is 9.88 Å². The summed E-state index contributed by atoms with van der Waals surface area (Å²) in [6.45, 7) is 2.89. The topological polar surface area (TPSA) is 108 Å². The van der Waals surface area contributed by atoms with E-state index in [1.54, 1.807) is 29.2 Å². The summed E-state index contributed by atoms with van der Waals surface area (Å²) in [4.78, 5) is 43.5. The summed E-state index contributed by atoms with van der Waals surface area (Å²) in [5.74, 6) is -0.668. The fourth-order valence-corrected chi connectivity index (χ4v) is 3.24. The molecule has 1 aliphatic rings. The Kier molecular flexibility index (Phi) is 5.65. The lowest BCUT2D eigenvalue weighted by Gasteiger charge is -2.16. The molecule has 0 unspecified atom stereocenters. The van der Waals surface area contributed by atoms with Crippen LogP contribution in [0, 0.1) is 0 Å². The van der Waals surface area contributed by atoms with Gasteiger partial charge >= 0.3 is 12.0 Å². The zero-order chi connectivity index (χ0) is 21.8. The number of oxazole rings is 1. The van der Waals surface area contributed by atoms with Crippen molar-refractivity contribution >= 4 is 35.2 Å². The lowest BCUT2D eigenvalue weighted by Crippen LogP contribution is -2.31. The summed E-state index contributed by atoms with van der Waals surface area (Å²) in [6, 6.07) is 16.3. The second kappa shape index (κ2) is 8.70. The molecule has 4 rings (SSSR count). The third-order valence-electron chi connectivity index (χ3n) is 4.72. The highest BCUT2D eigenvalue weighted by molar-refractivity contribution is 6.02. The van der Waals surface area contributed by atoms with Gasteiger partial charge in [-0.1, -0.05) is 30.3 Å². The van der Waals surface area contributed by atoms with E-state index < -0.39 is 5.91 Å². The third-order valence-corrected chi connectivity index (χ3v) is 4.72. The van der Waals surface area contributed by atoms with Crippen LogP contribution >= 0.6 is 0 Å². The fraction of sp³-hybridized carbons (Fsp3) is 0.182. The van der Waals surface area contributed by atoms with Gasteiger partial charge in [0.25, 0.3) is 5.91 Å². The Bertz CT molecular complexity index is 1090. The number of hydrogen-bond donors (Lipinski definition) is 2. The van der Waals surface area contributed by atoms with Gasteiger partial charge in [0.15, 0.2) is 0 Å². The van der Waals surface area contributed by atoms with Crippen molar-refractivity contribution in [2.45, 2.75) is 13.5 Å². The van der Waals surface area contributed by atoms with Crippen LogP contribution in [0.15, 0.2) is 65.2 Å². The van der Waals surface area contributed by atoms with E-state index in [0.717, 1.165) is 5.56 Å². The van der Waals surface area contributed by atoms with E-state index in [-0.39, 0.29) is 23.7 Å². The summed E-state index contributed by atoms with van der Waals surface area (Å²) >= 11 is 0. The maximum Gasteiger partial charge on any atom is 0.328 e. The highest BCUT2D eigenvalue weighted by Crippen LogP contribution is 2.22. The van der Waals surface area contributed by atoms with E-state index >= 15 is 0 Å². The minimum atomic E-state index is -0.487. The first-order chi connectivity index (χ1) is 15.0. The number of aromatic nitrogens is 1. The largest absolute Gasteiger partial charge is 0.418 e. The Hall–Kier alpha value is -4.14. The Morgan fingerprint density at radius 3 is 2.35 bits per heavy atom. The van der Waals surface area contributed by atoms with Crippen LogP contribution in [0.3, 0.4) is 0 Å². The summed E-state index contributed by atoms with van der Waals surface area (Å²) in [7, 11) is 0. The number of urea groups is 1. The Labute approximate surface area is 178 Å². The molecule has 2 heterocycles. The molecule has 4 amide bonds. The zero-order valence-electron chi connectivity index (χ0n) is 16.9.